The molecule has 6 nitrogen and oxygen atoms in total. The predicted octanol–water partition coefficient (Wildman–Crippen LogP) is 2.58. The Kier molecular flexibility index (Phi) is 5.85. The molecule has 3 N–H and O–H groups in total. The molecule has 7 heteroatoms. The first-order valence-corrected chi connectivity index (χ1v) is 6.57. The summed E-state index contributed by atoms with van der Waals surface area (Å²) in [5.41, 5.74) is 6.34. The molecule has 0 spiro atoms. The smallest absolute Gasteiger partial charge is 0.293 e. The molecule has 0 aliphatic rings. The number of nitrogens with one attached hydrogen (secondary N) is 1. The number of hydrogen-bond donors (Lipinski definition) is 2. The Bertz CT molecular complexity index is 450. The number of nitrogens with zero attached hydrogens (tertiary/aromatic N) is 2. The fourth-order valence-corrected chi connectivity index (χ4v) is 1.92. The van der Waals surface area contributed by atoms with E-state index < -0.39 is 4.92 Å². The summed E-state index contributed by atoms with van der Waals surface area (Å²) in [5, 5.41) is 14.2. The predicted molar refractivity (Wildman–Crippen MR) is 78.8 cm³/mol. The monoisotopic (exact) mass is 286 g/mol. The van der Waals surface area contributed by atoms with E-state index in [-0.39, 0.29) is 10.7 Å². The number of anilines is 2. The van der Waals surface area contributed by atoms with Crippen LogP contribution < -0.4 is 11.1 Å². The summed E-state index contributed by atoms with van der Waals surface area (Å²) in [7, 11) is 0. The summed E-state index contributed by atoms with van der Waals surface area (Å²) >= 11 is 5.79. The molecule has 1 rings (SSSR count). The van der Waals surface area contributed by atoms with Gasteiger partial charge in [0.1, 0.15) is 5.69 Å². The van der Waals surface area contributed by atoms with Crippen LogP contribution in [0.2, 0.25) is 5.02 Å². The van der Waals surface area contributed by atoms with Crippen LogP contribution >= 0.6 is 11.6 Å². The van der Waals surface area contributed by atoms with Gasteiger partial charge in [0, 0.05) is 19.2 Å². The van der Waals surface area contributed by atoms with Crippen molar-refractivity contribution in [1.82, 2.24) is 4.90 Å². The lowest BCUT2D eigenvalue weighted by molar-refractivity contribution is -0.383. The zero-order chi connectivity index (χ0) is 14.4. The van der Waals surface area contributed by atoms with Crippen LogP contribution in [0.4, 0.5) is 17.1 Å². The van der Waals surface area contributed by atoms with Crippen molar-refractivity contribution < 1.29 is 4.92 Å². The zero-order valence-corrected chi connectivity index (χ0v) is 11.9. The van der Waals surface area contributed by atoms with Gasteiger partial charge in [-0.2, -0.15) is 0 Å². The topological polar surface area (TPSA) is 84.4 Å². The number of halogens is 1. The van der Waals surface area contributed by atoms with Gasteiger partial charge in [0.05, 0.1) is 15.6 Å². The summed E-state index contributed by atoms with van der Waals surface area (Å²) < 4.78 is 0. The molecule has 0 bridgehead atoms. The Hall–Kier alpha value is -1.53. The lowest BCUT2D eigenvalue weighted by Crippen LogP contribution is -2.28. The minimum absolute atomic E-state index is 0.0567. The molecule has 0 aliphatic heterocycles. The molecule has 0 atom stereocenters. The van der Waals surface area contributed by atoms with Crippen molar-refractivity contribution in [2.45, 2.75) is 13.8 Å². The molecule has 0 aromatic heterocycles. The van der Waals surface area contributed by atoms with Crippen LogP contribution in [0.15, 0.2) is 12.1 Å². The first kappa shape index (κ1) is 15.5. The van der Waals surface area contributed by atoms with Crippen molar-refractivity contribution in [3.05, 3.63) is 27.3 Å². The van der Waals surface area contributed by atoms with Gasteiger partial charge in [-0.15, -0.1) is 0 Å². The summed E-state index contributed by atoms with van der Waals surface area (Å²) in [6.45, 7) is 7.47. The Morgan fingerprint density at radius 2 is 2.05 bits per heavy atom. The highest BCUT2D eigenvalue weighted by Gasteiger charge is 2.16. The lowest BCUT2D eigenvalue weighted by Gasteiger charge is -2.18. The molecule has 0 amide bonds. The molecular weight excluding hydrogens is 268 g/mol. The maximum atomic E-state index is 11.0. The molecule has 0 unspecified atom stereocenters. The van der Waals surface area contributed by atoms with Crippen molar-refractivity contribution >= 4 is 28.7 Å². The largest absolute Gasteiger partial charge is 0.397 e. The standard InChI is InChI=1S/C12H19ClN4O2/c1-3-16(4-2)6-5-15-11-8-10(14)9(13)7-12(11)17(18)19/h7-8,15H,3-6,14H2,1-2H3. The second kappa shape index (κ2) is 7.16. The summed E-state index contributed by atoms with van der Waals surface area (Å²) in [6, 6.07) is 2.78. The van der Waals surface area contributed by atoms with E-state index in [0.717, 1.165) is 19.6 Å². The minimum atomic E-state index is -0.467. The molecule has 106 valence electrons. The van der Waals surface area contributed by atoms with Crippen molar-refractivity contribution in [3.63, 3.8) is 0 Å². The summed E-state index contributed by atoms with van der Waals surface area (Å²) in [4.78, 5) is 12.7. The van der Waals surface area contributed by atoms with Gasteiger partial charge in [-0.25, -0.2) is 0 Å². The van der Waals surface area contributed by atoms with E-state index in [2.05, 4.69) is 24.1 Å². The van der Waals surface area contributed by atoms with E-state index in [0.29, 0.717) is 17.9 Å². The number of hydrogen-bond acceptors (Lipinski definition) is 5. The molecule has 19 heavy (non-hydrogen) atoms. The highest BCUT2D eigenvalue weighted by molar-refractivity contribution is 6.33. The van der Waals surface area contributed by atoms with Crippen molar-refractivity contribution in [1.29, 1.82) is 0 Å². The zero-order valence-electron chi connectivity index (χ0n) is 11.1. The average Bonchev–Trinajstić information content (AvgIpc) is 2.38. The third-order valence-electron chi connectivity index (χ3n) is 2.95. The maximum Gasteiger partial charge on any atom is 0.293 e. The number of likely N-dealkylation sites (N-methyl/N-ethyl adjacent to an activating group) is 1. The van der Waals surface area contributed by atoms with Crippen LogP contribution in [0, 0.1) is 10.1 Å². The number of rotatable bonds is 7. The van der Waals surface area contributed by atoms with Gasteiger partial charge in [-0.3, -0.25) is 10.1 Å². The van der Waals surface area contributed by atoms with Crippen LogP contribution in [-0.4, -0.2) is 36.0 Å². The highest BCUT2D eigenvalue weighted by Crippen LogP contribution is 2.32. The van der Waals surface area contributed by atoms with Crippen molar-refractivity contribution in [2.24, 2.45) is 0 Å². The van der Waals surface area contributed by atoms with E-state index in [1.54, 1.807) is 0 Å². The first-order chi connectivity index (χ1) is 8.99. The van der Waals surface area contributed by atoms with Crippen LogP contribution in [0.5, 0.6) is 0 Å². The van der Waals surface area contributed by atoms with Crippen molar-refractivity contribution in [2.75, 3.05) is 37.2 Å². The fraction of sp³-hybridized carbons (Fsp3) is 0.500. The van der Waals surface area contributed by atoms with Crippen LogP contribution in [0.1, 0.15) is 13.8 Å². The quantitative estimate of drug-likeness (QED) is 0.457. The van der Waals surface area contributed by atoms with Gasteiger partial charge >= 0.3 is 0 Å². The Labute approximate surface area is 117 Å². The normalized spacial score (nSPS) is 10.7. The third kappa shape index (κ3) is 4.25. The summed E-state index contributed by atoms with van der Waals surface area (Å²) in [5.74, 6) is 0. The Morgan fingerprint density at radius 1 is 1.42 bits per heavy atom. The lowest BCUT2D eigenvalue weighted by atomic mass is 10.2. The molecule has 0 aliphatic carbocycles. The average molecular weight is 287 g/mol. The number of benzene rings is 1. The van der Waals surface area contributed by atoms with E-state index in [9.17, 15) is 10.1 Å². The first-order valence-electron chi connectivity index (χ1n) is 6.19. The van der Waals surface area contributed by atoms with Crippen molar-refractivity contribution in [3.8, 4) is 0 Å². The number of nitro groups is 1. The van der Waals surface area contributed by atoms with E-state index >= 15 is 0 Å². The van der Waals surface area contributed by atoms with E-state index in [1.165, 1.54) is 12.1 Å². The van der Waals surface area contributed by atoms with Crippen LogP contribution in [0.3, 0.4) is 0 Å². The third-order valence-corrected chi connectivity index (χ3v) is 3.28. The van der Waals surface area contributed by atoms with E-state index in [1.807, 2.05) is 0 Å². The minimum Gasteiger partial charge on any atom is -0.397 e. The number of nitrogen functional groups attached to an aromatic ring is 1. The fourth-order valence-electron chi connectivity index (χ4n) is 1.76. The van der Waals surface area contributed by atoms with Crippen LogP contribution in [0.25, 0.3) is 0 Å². The van der Waals surface area contributed by atoms with Gasteiger partial charge in [-0.05, 0) is 19.2 Å². The van der Waals surface area contributed by atoms with E-state index in [4.69, 9.17) is 17.3 Å². The second-order valence-electron chi connectivity index (χ2n) is 4.10. The molecule has 0 fully saturated rings. The SMILES string of the molecule is CCN(CC)CCNc1cc(N)c(Cl)cc1[N+](=O)[O-]. The van der Waals surface area contributed by atoms with Crippen LogP contribution in [-0.2, 0) is 0 Å². The molecule has 0 saturated heterocycles. The Morgan fingerprint density at radius 3 is 2.58 bits per heavy atom. The Balaban J connectivity index is 2.77. The molecule has 0 heterocycles. The van der Waals surface area contributed by atoms with Gasteiger partial charge in [-0.1, -0.05) is 25.4 Å². The van der Waals surface area contributed by atoms with Gasteiger partial charge in [0.2, 0.25) is 0 Å². The van der Waals surface area contributed by atoms with Gasteiger partial charge < -0.3 is 16.0 Å². The number of nitrogens with two attached hydrogens (primary N) is 1. The maximum absolute atomic E-state index is 11.0. The second-order valence-corrected chi connectivity index (χ2v) is 4.51. The molecule has 1 aromatic carbocycles. The molecule has 0 radical (unpaired) electrons. The molecular formula is C12H19ClN4O2. The number of nitro benzene ring substituents is 1. The molecule has 1 aromatic rings. The van der Waals surface area contributed by atoms with Gasteiger partial charge in [0.15, 0.2) is 0 Å². The molecule has 0 saturated carbocycles. The summed E-state index contributed by atoms with van der Waals surface area (Å²) in [6.07, 6.45) is 0. The highest BCUT2D eigenvalue weighted by atomic mass is 35.5. The van der Waals surface area contributed by atoms with Gasteiger partial charge in [0.25, 0.3) is 5.69 Å².